The van der Waals surface area contributed by atoms with Gasteiger partial charge in [0.25, 0.3) is 5.56 Å². The number of carbonyl (C=O) groups is 1. The largest absolute Gasteiger partial charge is 0.438 e. The van der Waals surface area contributed by atoms with E-state index < -0.39 is 29.4 Å². The zero-order chi connectivity index (χ0) is 24.8. The molecule has 0 N–H and O–H groups in total. The zero-order valence-corrected chi connectivity index (χ0v) is 19.7. The molecule has 0 bridgehead atoms. The van der Waals surface area contributed by atoms with Gasteiger partial charge < -0.3 is 9.80 Å². The maximum absolute atomic E-state index is 13.6. The number of aryl methyl sites for hydroxylation is 2. The van der Waals surface area contributed by atoms with Crippen LogP contribution < -0.4 is 10.5 Å². The molecule has 6 nitrogen and oxygen atoms in total. The Bertz CT molecular complexity index is 1300. The van der Waals surface area contributed by atoms with E-state index in [1.54, 1.807) is 36.9 Å². The van der Waals surface area contributed by atoms with Crippen LogP contribution in [0.25, 0.3) is 11.0 Å². The molecule has 1 aliphatic rings. The number of alkyl halides is 3. The van der Waals surface area contributed by atoms with Gasteiger partial charge in [0.05, 0.1) is 11.0 Å². The van der Waals surface area contributed by atoms with E-state index in [0.717, 1.165) is 21.4 Å². The zero-order valence-electron chi connectivity index (χ0n) is 19.0. The number of nitrogens with zero attached hydrogens (tertiary/aromatic N) is 4. The molecule has 0 aliphatic carbocycles. The molecule has 34 heavy (non-hydrogen) atoms. The molecule has 0 unspecified atom stereocenters. The first-order valence-corrected chi connectivity index (χ1v) is 11.2. The highest BCUT2D eigenvalue weighted by molar-refractivity contribution is 6.30. The van der Waals surface area contributed by atoms with Crippen molar-refractivity contribution < 1.29 is 18.0 Å². The number of fused-ring (bicyclic) bond motifs is 1. The Labute approximate surface area is 199 Å². The molecule has 0 spiro atoms. The van der Waals surface area contributed by atoms with Crippen molar-refractivity contribution in [3.8, 4) is 0 Å². The van der Waals surface area contributed by atoms with Crippen LogP contribution in [0.1, 0.15) is 29.8 Å². The van der Waals surface area contributed by atoms with E-state index in [0.29, 0.717) is 31.2 Å². The van der Waals surface area contributed by atoms with Crippen molar-refractivity contribution in [1.29, 1.82) is 0 Å². The highest BCUT2D eigenvalue weighted by atomic mass is 35.5. The fourth-order valence-electron chi connectivity index (χ4n) is 4.24. The standard InChI is InChI=1S/C24H24ClF3N4O2/c1-14-12-19-20(13-15(14)2)32(23(34)21(29-19)24(26,27)28)16(3)22(33)31-10-8-30(9-11-31)18-6-4-17(25)5-7-18/h4-7,12-13,16H,8-11H2,1-3H3/t16-/m1/s1. The number of halogens is 4. The third-order valence-electron chi connectivity index (χ3n) is 6.30. The molecule has 10 heteroatoms. The van der Waals surface area contributed by atoms with Gasteiger partial charge in [0, 0.05) is 36.9 Å². The van der Waals surface area contributed by atoms with Crippen molar-refractivity contribution in [3.05, 3.63) is 68.6 Å². The summed E-state index contributed by atoms with van der Waals surface area (Å²) in [7, 11) is 0. The second-order valence-electron chi connectivity index (χ2n) is 8.52. The molecule has 1 amide bonds. The van der Waals surface area contributed by atoms with Crippen molar-refractivity contribution in [2.24, 2.45) is 0 Å². The summed E-state index contributed by atoms with van der Waals surface area (Å²) in [4.78, 5) is 33.5. The van der Waals surface area contributed by atoms with Gasteiger partial charge in [-0.1, -0.05) is 11.6 Å². The number of hydrogen-bond donors (Lipinski definition) is 0. The number of benzene rings is 2. The Morgan fingerprint density at radius 3 is 2.21 bits per heavy atom. The number of piperazine rings is 1. The molecule has 3 aromatic rings. The summed E-state index contributed by atoms with van der Waals surface area (Å²) in [5, 5.41) is 0.630. The Morgan fingerprint density at radius 1 is 1.03 bits per heavy atom. The van der Waals surface area contributed by atoms with Gasteiger partial charge in [-0.3, -0.25) is 14.2 Å². The van der Waals surface area contributed by atoms with Crippen molar-refractivity contribution in [1.82, 2.24) is 14.5 Å². The third-order valence-corrected chi connectivity index (χ3v) is 6.55. The van der Waals surface area contributed by atoms with E-state index in [9.17, 15) is 22.8 Å². The molecule has 1 atom stereocenters. The van der Waals surface area contributed by atoms with Gasteiger partial charge in [-0.15, -0.1) is 0 Å². The first-order chi connectivity index (χ1) is 16.0. The third kappa shape index (κ3) is 4.49. The maximum Gasteiger partial charge on any atom is 0.438 e. The lowest BCUT2D eigenvalue weighted by atomic mass is 10.1. The van der Waals surface area contributed by atoms with Gasteiger partial charge in [-0.2, -0.15) is 13.2 Å². The molecule has 2 heterocycles. The van der Waals surface area contributed by atoms with E-state index in [-0.39, 0.29) is 11.0 Å². The van der Waals surface area contributed by atoms with Crippen LogP contribution in [0, 0.1) is 13.8 Å². The lowest BCUT2D eigenvalue weighted by Crippen LogP contribution is -2.51. The average molecular weight is 493 g/mol. The topological polar surface area (TPSA) is 58.4 Å². The molecule has 1 aliphatic heterocycles. The Hall–Kier alpha value is -3.07. The van der Waals surface area contributed by atoms with Crippen LogP contribution in [0.15, 0.2) is 41.2 Å². The highest BCUT2D eigenvalue weighted by Crippen LogP contribution is 2.29. The number of hydrogen-bond acceptors (Lipinski definition) is 4. The predicted octanol–water partition coefficient (Wildman–Crippen LogP) is 4.60. The summed E-state index contributed by atoms with van der Waals surface area (Å²) in [5.41, 5.74) is -0.0843. The Balaban J connectivity index is 1.66. The maximum atomic E-state index is 13.6. The number of carbonyl (C=O) groups excluding carboxylic acids is 1. The molecule has 1 saturated heterocycles. The fraction of sp³-hybridized carbons (Fsp3) is 0.375. The molecule has 2 aromatic carbocycles. The molecule has 0 radical (unpaired) electrons. The molecule has 1 aromatic heterocycles. The van der Waals surface area contributed by atoms with E-state index in [4.69, 9.17) is 11.6 Å². The summed E-state index contributed by atoms with van der Waals surface area (Å²) in [6.45, 7) is 6.89. The number of rotatable bonds is 3. The summed E-state index contributed by atoms with van der Waals surface area (Å²) in [6.07, 6.45) is -4.93. The van der Waals surface area contributed by atoms with Gasteiger partial charge in [0.2, 0.25) is 11.6 Å². The van der Waals surface area contributed by atoms with Crippen LogP contribution in [0.2, 0.25) is 5.02 Å². The van der Waals surface area contributed by atoms with Crippen molar-refractivity contribution >= 4 is 34.2 Å². The quantitative estimate of drug-likeness (QED) is 0.536. The van der Waals surface area contributed by atoms with E-state index >= 15 is 0 Å². The first-order valence-electron chi connectivity index (χ1n) is 10.9. The second-order valence-corrected chi connectivity index (χ2v) is 8.96. The smallest absolute Gasteiger partial charge is 0.368 e. The molecular weight excluding hydrogens is 469 g/mol. The Kier molecular flexibility index (Phi) is 6.33. The minimum Gasteiger partial charge on any atom is -0.368 e. The van der Waals surface area contributed by atoms with Gasteiger partial charge in [0.1, 0.15) is 6.04 Å². The van der Waals surface area contributed by atoms with Crippen LogP contribution in [0.4, 0.5) is 18.9 Å². The van der Waals surface area contributed by atoms with Crippen molar-refractivity contribution in [3.63, 3.8) is 0 Å². The SMILES string of the molecule is Cc1cc2nc(C(F)(F)F)c(=O)n([C@H](C)C(=O)N3CCN(c4ccc(Cl)cc4)CC3)c2cc1C. The van der Waals surface area contributed by atoms with Gasteiger partial charge in [0.15, 0.2) is 0 Å². The van der Waals surface area contributed by atoms with Crippen LogP contribution in [-0.4, -0.2) is 46.5 Å². The summed E-state index contributed by atoms with van der Waals surface area (Å²) >= 11 is 5.95. The minimum atomic E-state index is -4.93. The highest BCUT2D eigenvalue weighted by Gasteiger charge is 2.39. The van der Waals surface area contributed by atoms with E-state index in [1.165, 1.54) is 13.0 Å². The van der Waals surface area contributed by atoms with Crippen LogP contribution in [0.5, 0.6) is 0 Å². The molecule has 0 saturated carbocycles. The molecule has 4 rings (SSSR count). The second kappa shape index (κ2) is 8.94. The lowest BCUT2D eigenvalue weighted by molar-refractivity contribution is -0.143. The number of amides is 1. The number of anilines is 1. The molecule has 180 valence electrons. The normalized spacial score (nSPS) is 15.6. The number of aromatic nitrogens is 2. The van der Waals surface area contributed by atoms with Crippen LogP contribution in [0.3, 0.4) is 0 Å². The summed E-state index contributed by atoms with van der Waals surface area (Å²) < 4.78 is 41.7. The molecular formula is C24H24ClF3N4O2. The summed E-state index contributed by atoms with van der Waals surface area (Å²) in [6, 6.07) is 9.38. The van der Waals surface area contributed by atoms with Crippen molar-refractivity contribution in [2.75, 3.05) is 31.1 Å². The van der Waals surface area contributed by atoms with Crippen LogP contribution >= 0.6 is 11.6 Å². The van der Waals surface area contributed by atoms with E-state index in [1.807, 2.05) is 12.1 Å². The van der Waals surface area contributed by atoms with E-state index in [2.05, 4.69) is 9.88 Å². The fourth-order valence-corrected chi connectivity index (χ4v) is 4.37. The van der Waals surface area contributed by atoms with Gasteiger partial charge >= 0.3 is 6.18 Å². The Morgan fingerprint density at radius 2 is 1.62 bits per heavy atom. The van der Waals surface area contributed by atoms with Crippen molar-refractivity contribution in [2.45, 2.75) is 33.0 Å². The van der Waals surface area contributed by atoms with Crippen LogP contribution in [-0.2, 0) is 11.0 Å². The minimum absolute atomic E-state index is 0.0298. The predicted molar refractivity (Wildman–Crippen MR) is 125 cm³/mol. The summed E-state index contributed by atoms with van der Waals surface area (Å²) in [5.74, 6) is -0.406. The monoisotopic (exact) mass is 492 g/mol. The molecule has 1 fully saturated rings. The lowest BCUT2D eigenvalue weighted by Gasteiger charge is -2.37. The van der Waals surface area contributed by atoms with Gasteiger partial charge in [-0.25, -0.2) is 4.98 Å². The van der Waals surface area contributed by atoms with Gasteiger partial charge in [-0.05, 0) is 68.3 Å². The average Bonchev–Trinajstić information content (AvgIpc) is 2.79. The first kappa shape index (κ1) is 24.1.